The number of rotatable bonds is 4. The van der Waals surface area contributed by atoms with Crippen molar-refractivity contribution in [1.29, 1.82) is 0 Å². The summed E-state index contributed by atoms with van der Waals surface area (Å²) in [7, 11) is 0. The van der Waals surface area contributed by atoms with Gasteiger partial charge in [0.05, 0.1) is 0 Å². The van der Waals surface area contributed by atoms with Crippen LogP contribution in [-0.2, 0) is 0 Å². The molecule has 0 saturated heterocycles. The van der Waals surface area contributed by atoms with Crippen molar-refractivity contribution in [3.8, 4) is 0 Å². The number of thiocarbonyl (C=S) groups is 1. The van der Waals surface area contributed by atoms with E-state index in [-0.39, 0.29) is 17.6 Å². The second kappa shape index (κ2) is 7.57. The summed E-state index contributed by atoms with van der Waals surface area (Å²) in [6.45, 7) is 8.15. The molecule has 0 amide bonds. The lowest BCUT2D eigenvalue weighted by molar-refractivity contribution is 0.396. The Morgan fingerprint density at radius 1 is 1.36 bits per heavy atom. The molecule has 0 heterocycles. The van der Waals surface area contributed by atoms with E-state index >= 15 is 0 Å². The van der Waals surface area contributed by atoms with Crippen LogP contribution >= 0.6 is 24.6 Å². The highest BCUT2D eigenvalue weighted by atomic mass is 35.5. The summed E-state index contributed by atoms with van der Waals surface area (Å²) in [5, 5.41) is 8.72. The summed E-state index contributed by atoms with van der Waals surface area (Å²) in [4.78, 5) is 1.58. The van der Waals surface area contributed by atoms with Gasteiger partial charge in [-0.05, 0) is 12.2 Å². The van der Waals surface area contributed by atoms with Crippen molar-refractivity contribution in [1.82, 2.24) is 4.90 Å². The van der Waals surface area contributed by atoms with Crippen LogP contribution in [0.4, 0.5) is 0 Å². The molecule has 0 aromatic heterocycles. The van der Waals surface area contributed by atoms with Gasteiger partial charge < -0.3 is 10.0 Å². The van der Waals surface area contributed by atoms with E-state index in [2.05, 4.69) is 25.4 Å². The highest BCUT2D eigenvalue weighted by Crippen LogP contribution is 1.89. The number of halogens is 1. The van der Waals surface area contributed by atoms with Crippen LogP contribution in [0.25, 0.3) is 0 Å². The van der Waals surface area contributed by atoms with Gasteiger partial charge in [0.25, 0.3) is 5.17 Å². The standard InChI is InChI=1S/C7H11NOS.ClH/c1-3-5-8(6-4-2)7(9)10;/h3-4H,1-2,5-6H2,(H,9,10);1H. The quantitative estimate of drug-likeness (QED) is 0.545. The number of hydrogen-bond donors (Lipinski definition) is 1. The number of hydrogen-bond acceptors (Lipinski definition) is 1. The first-order chi connectivity index (χ1) is 4.72. The minimum absolute atomic E-state index is 0. The Hall–Kier alpha value is -0.540. The van der Waals surface area contributed by atoms with E-state index in [9.17, 15) is 0 Å². The molecule has 2 nitrogen and oxygen atoms in total. The molecule has 64 valence electrons. The third-order valence-corrected chi connectivity index (χ3v) is 1.23. The molecule has 0 aromatic carbocycles. The predicted molar refractivity (Wildman–Crippen MR) is 54.4 cm³/mol. The van der Waals surface area contributed by atoms with Crippen LogP contribution in [0.3, 0.4) is 0 Å². The van der Waals surface area contributed by atoms with Gasteiger partial charge >= 0.3 is 0 Å². The molecule has 0 aliphatic carbocycles. The third kappa shape index (κ3) is 5.88. The fourth-order valence-electron chi connectivity index (χ4n) is 0.542. The summed E-state index contributed by atoms with van der Waals surface area (Å²) in [6.07, 6.45) is 3.35. The number of aliphatic hydroxyl groups is 1. The number of aliphatic hydroxyl groups excluding tert-OH is 1. The van der Waals surface area contributed by atoms with E-state index in [4.69, 9.17) is 5.11 Å². The summed E-state index contributed by atoms with van der Waals surface area (Å²) in [5.74, 6) is 0. The van der Waals surface area contributed by atoms with E-state index in [1.54, 1.807) is 17.1 Å². The van der Waals surface area contributed by atoms with Gasteiger partial charge in [-0.3, -0.25) is 0 Å². The first-order valence-electron chi connectivity index (χ1n) is 2.92. The van der Waals surface area contributed by atoms with E-state index in [1.807, 2.05) is 0 Å². The largest absolute Gasteiger partial charge is 0.486 e. The van der Waals surface area contributed by atoms with Gasteiger partial charge in [-0.15, -0.1) is 25.6 Å². The molecule has 0 aliphatic heterocycles. The molecule has 0 aromatic rings. The lowest BCUT2D eigenvalue weighted by Crippen LogP contribution is -2.29. The van der Waals surface area contributed by atoms with Gasteiger partial charge in [-0.25, -0.2) is 0 Å². The topological polar surface area (TPSA) is 23.5 Å². The van der Waals surface area contributed by atoms with Crippen molar-refractivity contribution in [2.45, 2.75) is 0 Å². The smallest absolute Gasteiger partial charge is 0.257 e. The Bertz CT molecular complexity index is 139. The molecule has 0 spiro atoms. The molecule has 0 atom stereocenters. The van der Waals surface area contributed by atoms with Gasteiger partial charge in [0.15, 0.2) is 0 Å². The highest BCUT2D eigenvalue weighted by molar-refractivity contribution is 7.79. The molecule has 0 aliphatic rings. The zero-order chi connectivity index (χ0) is 7.98. The van der Waals surface area contributed by atoms with Crippen LogP contribution in [0, 0.1) is 0 Å². The first-order valence-corrected chi connectivity index (χ1v) is 3.33. The predicted octanol–water partition coefficient (Wildman–Crippen LogP) is 1.93. The molecule has 0 bridgehead atoms. The minimum atomic E-state index is -0.111. The Kier molecular flexibility index (Phi) is 9.00. The SMILES string of the molecule is C=CCN(CC=C)C(O)=S.Cl. The highest BCUT2D eigenvalue weighted by Gasteiger charge is 2.00. The molecule has 1 N–H and O–H groups in total. The van der Waals surface area contributed by atoms with Gasteiger partial charge in [0, 0.05) is 13.1 Å². The van der Waals surface area contributed by atoms with E-state index in [0.717, 1.165) is 0 Å². The average molecular weight is 194 g/mol. The van der Waals surface area contributed by atoms with Gasteiger partial charge in [0.2, 0.25) is 0 Å². The fraction of sp³-hybridized carbons (Fsp3) is 0.286. The molecule has 0 saturated carbocycles. The second-order valence-electron chi connectivity index (χ2n) is 1.76. The monoisotopic (exact) mass is 193 g/mol. The summed E-state index contributed by atoms with van der Waals surface area (Å²) in [6, 6.07) is 0. The lowest BCUT2D eigenvalue weighted by atomic mass is 10.5. The Balaban J connectivity index is 0. The normalized spacial score (nSPS) is 7.64. The lowest BCUT2D eigenvalue weighted by Gasteiger charge is -2.16. The molecule has 0 fully saturated rings. The van der Waals surface area contributed by atoms with Crippen LogP contribution < -0.4 is 0 Å². The summed E-state index contributed by atoms with van der Waals surface area (Å²) < 4.78 is 0. The van der Waals surface area contributed by atoms with E-state index in [1.165, 1.54) is 0 Å². The molecule has 11 heavy (non-hydrogen) atoms. The second-order valence-corrected chi connectivity index (χ2v) is 2.13. The maximum atomic E-state index is 8.84. The van der Waals surface area contributed by atoms with E-state index in [0.29, 0.717) is 13.1 Å². The zero-order valence-corrected chi connectivity index (χ0v) is 7.83. The number of nitrogens with zero attached hydrogens (tertiary/aromatic N) is 1. The van der Waals surface area contributed by atoms with E-state index < -0.39 is 0 Å². The molecule has 0 rings (SSSR count). The van der Waals surface area contributed by atoms with Crippen LogP contribution in [0.5, 0.6) is 0 Å². The van der Waals surface area contributed by atoms with Gasteiger partial charge in [0.1, 0.15) is 0 Å². The van der Waals surface area contributed by atoms with Crippen LogP contribution in [0.1, 0.15) is 0 Å². The van der Waals surface area contributed by atoms with Crippen LogP contribution in [-0.4, -0.2) is 28.3 Å². The first kappa shape index (κ1) is 13.1. The average Bonchev–Trinajstić information content (AvgIpc) is 1.87. The molecule has 4 heteroatoms. The Labute approximate surface area is 78.6 Å². The Morgan fingerprint density at radius 2 is 1.73 bits per heavy atom. The summed E-state index contributed by atoms with van der Waals surface area (Å²) >= 11 is 4.53. The van der Waals surface area contributed by atoms with Crippen molar-refractivity contribution in [2.75, 3.05) is 13.1 Å². The summed E-state index contributed by atoms with van der Waals surface area (Å²) in [5.41, 5.74) is 0. The van der Waals surface area contributed by atoms with Crippen LogP contribution in [0.15, 0.2) is 25.3 Å². The van der Waals surface area contributed by atoms with Crippen LogP contribution in [0.2, 0.25) is 0 Å². The molecular formula is C7H12ClNOS. The van der Waals surface area contributed by atoms with Crippen molar-refractivity contribution in [2.24, 2.45) is 0 Å². The third-order valence-electron chi connectivity index (χ3n) is 0.969. The maximum Gasteiger partial charge on any atom is 0.257 e. The fourth-order valence-corrected chi connectivity index (χ4v) is 0.691. The Morgan fingerprint density at radius 3 is 1.91 bits per heavy atom. The van der Waals surface area contributed by atoms with Crippen molar-refractivity contribution < 1.29 is 5.11 Å². The zero-order valence-electron chi connectivity index (χ0n) is 6.19. The van der Waals surface area contributed by atoms with Crippen molar-refractivity contribution in [3.05, 3.63) is 25.3 Å². The van der Waals surface area contributed by atoms with Crippen molar-refractivity contribution in [3.63, 3.8) is 0 Å². The van der Waals surface area contributed by atoms with Gasteiger partial charge in [-0.1, -0.05) is 12.2 Å². The maximum absolute atomic E-state index is 8.84. The molecule has 0 unspecified atom stereocenters. The minimum Gasteiger partial charge on any atom is -0.486 e. The molecular weight excluding hydrogens is 182 g/mol. The molecule has 0 radical (unpaired) electrons. The van der Waals surface area contributed by atoms with Gasteiger partial charge in [-0.2, -0.15) is 0 Å². The van der Waals surface area contributed by atoms with Crippen molar-refractivity contribution >= 4 is 29.8 Å².